The van der Waals surface area contributed by atoms with E-state index in [1.165, 1.54) is 31.5 Å². The van der Waals surface area contributed by atoms with Crippen molar-refractivity contribution in [1.29, 1.82) is 0 Å². The van der Waals surface area contributed by atoms with Gasteiger partial charge in [0.25, 0.3) is 0 Å². The molecule has 1 N–H and O–H groups in total. The van der Waals surface area contributed by atoms with E-state index < -0.39 is 0 Å². The normalized spacial score (nSPS) is 20.5. The maximum Gasteiger partial charge on any atom is 0.133 e. The highest BCUT2D eigenvalue weighted by molar-refractivity contribution is 9.10. The molecule has 0 spiro atoms. The number of likely N-dealkylation sites (N-methyl/N-ethyl adjacent to an activating group) is 1. The van der Waals surface area contributed by atoms with Crippen LogP contribution in [-0.4, -0.2) is 37.7 Å². The van der Waals surface area contributed by atoms with Crippen molar-refractivity contribution >= 4 is 15.9 Å². The lowest BCUT2D eigenvalue weighted by Crippen LogP contribution is -2.45. The molecule has 3 nitrogen and oxygen atoms in total. The van der Waals surface area contributed by atoms with E-state index in [1.807, 2.05) is 6.07 Å². The Morgan fingerprint density at radius 2 is 2.32 bits per heavy atom. The maximum atomic E-state index is 5.25. The first kappa shape index (κ1) is 14.8. The Bertz CT molecular complexity index is 411. The summed E-state index contributed by atoms with van der Waals surface area (Å²) in [5, 5.41) is 3.66. The van der Waals surface area contributed by atoms with Crippen LogP contribution >= 0.6 is 15.9 Å². The molecule has 19 heavy (non-hydrogen) atoms. The van der Waals surface area contributed by atoms with Crippen molar-refractivity contribution in [3.63, 3.8) is 0 Å². The van der Waals surface area contributed by atoms with E-state index in [2.05, 4.69) is 45.2 Å². The number of nitrogens with one attached hydrogen (secondary N) is 1. The summed E-state index contributed by atoms with van der Waals surface area (Å²) in [7, 11) is 1.69. The summed E-state index contributed by atoms with van der Waals surface area (Å²) >= 11 is 3.53. The van der Waals surface area contributed by atoms with Gasteiger partial charge in [0, 0.05) is 19.1 Å². The van der Waals surface area contributed by atoms with Gasteiger partial charge in [-0.05, 0) is 59.6 Å². The average Bonchev–Trinajstić information content (AvgIpc) is 2.45. The fourth-order valence-electron chi connectivity index (χ4n) is 2.59. The van der Waals surface area contributed by atoms with Crippen LogP contribution in [0.4, 0.5) is 0 Å². The second-order valence-corrected chi connectivity index (χ2v) is 5.94. The molecule has 0 aromatic heterocycles. The lowest BCUT2D eigenvalue weighted by molar-refractivity contribution is 0.198. The quantitative estimate of drug-likeness (QED) is 0.900. The molecule has 1 fully saturated rings. The van der Waals surface area contributed by atoms with Gasteiger partial charge in [-0.1, -0.05) is 13.0 Å². The van der Waals surface area contributed by atoms with Gasteiger partial charge < -0.3 is 15.0 Å². The molecule has 0 aliphatic carbocycles. The third-order valence-corrected chi connectivity index (χ3v) is 4.38. The molecule has 0 radical (unpaired) electrons. The molecular formula is C15H23BrN2O. The second-order valence-electron chi connectivity index (χ2n) is 5.08. The monoisotopic (exact) mass is 326 g/mol. The van der Waals surface area contributed by atoms with E-state index in [4.69, 9.17) is 4.74 Å². The second kappa shape index (κ2) is 7.27. The van der Waals surface area contributed by atoms with Crippen molar-refractivity contribution in [2.45, 2.75) is 32.4 Å². The predicted octanol–water partition coefficient (Wildman–Crippen LogP) is 3.03. The molecule has 1 aliphatic rings. The molecule has 1 aliphatic heterocycles. The third kappa shape index (κ3) is 4.20. The molecule has 0 amide bonds. The molecule has 1 saturated heterocycles. The van der Waals surface area contributed by atoms with Crippen molar-refractivity contribution < 1.29 is 4.74 Å². The molecule has 1 heterocycles. The van der Waals surface area contributed by atoms with Crippen molar-refractivity contribution in [2.75, 3.05) is 26.7 Å². The van der Waals surface area contributed by atoms with Crippen molar-refractivity contribution in [3.8, 4) is 5.75 Å². The number of hydrogen-bond acceptors (Lipinski definition) is 3. The van der Waals surface area contributed by atoms with Crippen LogP contribution in [0.1, 0.15) is 25.3 Å². The van der Waals surface area contributed by atoms with Gasteiger partial charge in [0.1, 0.15) is 5.75 Å². The molecular weight excluding hydrogens is 304 g/mol. The highest BCUT2D eigenvalue weighted by Crippen LogP contribution is 2.25. The zero-order valence-corrected chi connectivity index (χ0v) is 13.4. The number of rotatable bonds is 5. The predicted molar refractivity (Wildman–Crippen MR) is 82.7 cm³/mol. The Labute approximate surface area is 124 Å². The molecule has 1 atom stereocenters. The van der Waals surface area contributed by atoms with E-state index >= 15 is 0 Å². The number of benzene rings is 1. The SMILES string of the molecule is CCN1CCCC(NCc2ccc(OC)c(Br)c2)C1. The minimum atomic E-state index is 0.620. The first-order chi connectivity index (χ1) is 9.22. The van der Waals surface area contributed by atoms with Crippen LogP contribution in [0, 0.1) is 0 Å². The largest absolute Gasteiger partial charge is 0.496 e. The molecule has 0 saturated carbocycles. The summed E-state index contributed by atoms with van der Waals surface area (Å²) in [6.45, 7) is 6.75. The smallest absolute Gasteiger partial charge is 0.133 e. The number of likely N-dealkylation sites (tertiary alicyclic amines) is 1. The van der Waals surface area contributed by atoms with E-state index in [1.54, 1.807) is 7.11 Å². The van der Waals surface area contributed by atoms with Crippen molar-refractivity contribution in [1.82, 2.24) is 10.2 Å². The fraction of sp³-hybridized carbons (Fsp3) is 0.600. The number of ether oxygens (including phenoxy) is 1. The molecule has 0 bridgehead atoms. The Kier molecular flexibility index (Phi) is 5.67. The van der Waals surface area contributed by atoms with Gasteiger partial charge in [-0.15, -0.1) is 0 Å². The minimum absolute atomic E-state index is 0.620. The lowest BCUT2D eigenvalue weighted by Gasteiger charge is -2.32. The lowest BCUT2D eigenvalue weighted by atomic mass is 10.1. The zero-order valence-electron chi connectivity index (χ0n) is 11.8. The average molecular weight is 327 g/mol. The summed E-state index contributed by atoms with van der Waals surface area (Å²) in [4.78, 5) is 2.52. The van der Waals surface area contributed by atoms with E-state index in [-0.39, 0.29) is 0 Å². The van der Waals surface area contributed by atoms with Gasteiger partial charge in [0.2, 0.25) is 0 Å². The van der Waals surface area contributed by atoms with Gasteiger partial charge >= 0.3 is 0 Å². The fourth-order valence-corrected chi connectivity index (χ4v) is 3.18. The Morgan fingerprint density at radius 3 is 3.00 bits per heavy atom. The van der Waals surface area contributed by atoms with Crippen LogP contribution in [0.5, 0.6) is 5.75 Å². The highest BCUT2D eigenvalue weighted by Gasteiger charge is 2.17. The first-order valence-corrected chi connectivity index (χ1v) is 7.80. The zero-order chi connectivity index (χ0) is 13.7. The molecule has 2 rings (SSSR count). The molecule has 4 heteroatoms. The van der Waals surface area contributed by atoms with Gasteiger partial charge in [0.15, 0.2) is 0 Å². The Hall–Kier alpha value is -0.580. The summed E-state index contributed by atoms with van der Waals surface area (Å²) in [6.07, 6.45) is 2.59. The van der Waals surface area contributed by atoms with Crippen LogP contribution in [0.15, 0.2) is 22.7 Å². The van der Waals surface area contributed by atoms with Crippen LogP contribution in [0.3, 0.4) is 0 Å². The number of methoxy groups -OCH3 is 1. The van der Waals surface area contributed by atoms with Crippen molar-refractivity contribution in [2.24, 2.45) is 0 Å². The van der Waals surface area contributed by atoms with Crippen LogP contribution in [0.25, 0.3) is 0 Å². The van der Waals surface area contributed by atoms with Crippen LogP contribution < -0.4 is 10.1 Å². The molecule has 1 aromatic rings. The number of hydrogen-bond donors (Lipinski definition) is 1. The van der Waals surface area contributed by atoms with Crippen molar-refractivity contribution in [3.05, 3.63) is 28.2 Å². The van der Waals surface area contributed by atoms with E-state index in [0.717, 1.165) is 23.3 Å². The standard InChI is InChI=1S/C15H23BrN2O/c1-3-18-8-4-5-13(11-18)17-10-12-6-7-15(19-2)14(16)9-12/h6-7,9,13,17H,3-5,8,10-11H2,1-2H3. The van der Waals surface area contributed by atoms with Crippen LogP contribution in [0.2, 0.25) is 0 Å². The molecule has 1 aromatic carbocycles. The van der Waals surface area contributed by atoms with E-state index in [9.17, 15) is 0 Å². The minimum Gasteiger partial charge on any atom is -0.496 e. The summed E-state index contributed by atoms with van der Waals surface area (Å²) in [6, 6.07) is 6.89. The summed E-state index contributed by atoms with van der Waals surface area (Å²) < 4.78 is 6.27. The molecule has 1 unspecified atom stereocenters. The van der Waals surface area contributed by atoms with E-state index in [0.29, 0.717) is 6.04 Å². The highest BCUT2D eigenvalue weighted by atomic mass is 79.9. The Balaban J connectivity index is 1.86. The first-order valence-electron chi connectivity index (χ1n) is 7.01. The van der Waals surface area contributed by atoms with Gasteiger partial charge in [-0.25, -0.2) is 0 Å². The van der Waals surface area contributed by atoms with Gasteiger partial charge in [-0.2, -0.15) is 0 Å². The third-order valence-electron chi connectivity index (χ3n) is 3.76. The Morgan fingerprint density at radius 1 is 1.47 bits per heavy atom. The molecule has 106 valence electrons. The number of piperidine rings is 1. The topological polar surface area (TPSA) is 24.5 Å². The summed E-state index contributed by atoms with van der Waals surface area (Å²) in [5.41, 5.74) is 1.29. The van der Waals surface area contributed by atoms with Gasteiger partial charge in [-0.3, -0.25) is 0 Å². The maximum absolute atomic E-state index is 5.25. The summed E-state index contributed by atoms with van der Waals surface area (Å²) in [5.74, 6) is 0.888. The van der Waals surface area contributed by atoms with Crippen LogP contribution in [-0.2, 0) is 6.54 Å². The number of halogens is 1. The number of nitrogens with zero attached hydrogens (tertiary/aromatic N) is 1. The van der Waals surface area contributed by atoms with Gasteiger partial charge in [0.05, 0.1) is 11.6 Å².